The predicted molar refractivity (Wildman–Crippen MR) is 73.6 cm³/mol. The molecule has 0 spiro atoms. The molecular weight excluding hydrogens is 273 g/mol. The van der Waals surface area contributed by atoms with Crippen molar-refractivity contribution in [1.82, 2.24) is 9.97 Å². The number of carbonyl (C=O) groups is 1. The first kappa shape index (κ1) is 13.0. The Morgan fingerprint density at radius 3 is 2.57 bits per heavy atom. The second-order valence-corrected chi connectivity index (χ2v) is 4.37. The lowest BCUT2D eigenvalue weighted by atomic mass is 10.1. The van der Waals surface area contributed by atoms with Crippen molar-refractivity contribution in [3.63, 3.8) is 0 Å². The van der Waals surface area contributed by atoms with E-state index in [0.717, 1.165) is 0 Å². The summed E-state index contributed by atoms with van der Waals surface area (Å²) < 4.78 is 12.9. The Labute approximate surface area is 119 Å². The van der Waals surface area contributed by atoms with Gasteiger partial charge in [0.15, 0.2) is 0 Å². The van der Waals surface area contributed by atoms with E-state index in [2.05, 4.69) is 15.3 Å². The van der Waals surface area contributed by atoms with Gasteiger partial charge in [0.2, 0.25) is 0 Å². The average Bonchev–Trinajstić information content (AvgIpc) is 2.49. The number of carbonyl (C=O) groups excluding carboxylic acids is 1. The molecule has 0 aliphatic carbocycles. The molecule has 0 amide bonds. The molecule has 0 aliphatic heterocycles. The lowest BCUT2D eigenvalue weighted by molar-refractivity contribution is -0.255. The summed E-state index contributed by atoms with van der Waals surface area (Å²) in [5.41, 5.74) is 1.20. The molecule has 0 saturated heterocycles. The molecule has 1 aromatic heterocycles. The molecule has 3 aromatic rings. The molecular formula is C15H9FN3O2-. The second-order valence-electron chi connectivity index (χ2n) is 4.37. The first-order valence-electron chi connectivity index (χ1n) is 6.12. The summed E-state index contributed by atoms with van der Waals surface area (Å²) in [7, 11) is 0. The van der Waals surface area contributed by atoms with E-state index < -0.39 is 5.97 Å². The highest BCUT2D eigenvalue weighted by atomic mass is 19.1. The van der Waals surface area contributed by atoms with E-state index >= 15 is 0 Å². The van der Waals surface area contributed by atoms with Gasteiger partial charge >= 0.3 is 0 Å². The number of aromatic nitrogens is 2. The lowest BCUT2D eigenvalue weighted by Gasteiger charge is -2.09. The maximum Gasteiger partial charge on any atom is 0.141 e. The number of hydrogen-bond donors (Lipinski definition) is 1. The van der Waals surface area contributed by atoms with Crippen LogP contribution < -0.4 is 10.4 Å². The molecule has 2 aromatic carbocycles. The van der Waals surface area contributed by atoms with E-state index in [1.54, 1.807) is 18.2 Å². The zero-order valence-electron chi connectivity index (χ0n) is 10.7. The van der Waals surface area contributed by atoms with Crippen molar-refractivity contribution in [2.75, 3.05) is 5.32 Å². The largest absolute Gasteiger partial charge is 0.545 e. The summed E-state index contributed by atoms with van der Waals surface area (Å²) in [5.74, 6) is -1.08. The van der Waals surface area contributed by atoms with Crippen LogP contribution in [0.2, 0.25) is 0 Å². The molecule has 1 N–H and O–H groups in total. The Morgan fingerprint density at radius 1 is 1.10 bits per heavy atom. The third-order valence-corrected chi connectivity index (χ3v) is 2.98. The van der Waals surface area contributed by atoms with Gasteiger partial charge in [0.05, 0.1) is 11.5 Å². The highest BCUT2D eigenvalue weighted by molar-refractivity contribution is 5.96. The monoisotopic (exact) mass is 282 g/mol. The summed E-state index contributed by atoms with van der Waals surface area (Å²) in [6.45, 7) is 0. The first-order chi connectivity index (χ1) is 10.1. The van der Waals surface area contributed by atoms with Crippen LogP contribution >= 0.6 is 0 Å². The van der Waals surface area contributed by atoms with Gasteiger partial charge in [0.25, 0.3) is 0 Å². The normalized spacial score (nSPS) is 10.5. The Kier molecular flexibility index (Phi) is 3.19. The van der Waals surface area contributed by atoms with Crippen LogP contribution in [-0.2, 0) is 0 Å². The summed E-state index contributed by atoms with van der Waals surface area (Å²) in [5, 5.41) is 14.5. The van der Waals surface area contributed by atoms with Gasteiger partial charge in [-0.05, 0) is 42.0 Å². The molecule has 3 rings (SSSR count). The van der Waals surface area contributed by atoms with Crippen LogP contribution in [0.4, 0.5) is 15.9 Å². The average molecular weight is 282 g/mol. The third-order valence-electron chi connectivity index (χ3n) is 2.98. The highest BCUT2D eigenvalue weighted by Crippen LogP contribution is 2.23. The molecule has 0 radical (unpaired) electrons. The van der Waals surface area contributed by atoms with Gasteiger partial charge in [-0.1, -0.05) is 6.07 Å². The first-order valence-corrected chi connectivity index (χ1v) is 6.12. The third kappa shape index (κ3) is 2.64. The van der Waals surface area contributed by atoms with Crippen LogP contribution in [0.15, 0.2) is 48.8 Å². The Morgan fingerprint density at radius 2 is 1.86 bits per heavy atom. The molecule has 0 saturated carbocycles. The molecule has 0 aliphatic rings. The maximum absolute atomic E-state index is 12.9. The predicted octanol–water partition coefficient (Wildman–Crippen LogP) is 1.88. The van der Waals surface area contributed by atoms with E-state index in [0.29, 0.717) is 22.4 Å². The van der Waals surface area contributed by atoms with Gasteiger partial charge in [0, 0.05) is 11.1 Å². The van der Waals surface area contributed by atoms with Crippen LogP contribution in [0.25, 0.3) is 10.9 Å². The summed E-state index contributed by atoms with van der Waals surface area (Å²) in [6, 6.07) is 10.3. The van der Waals surface area contributed by atoms with Crippen LogP contribution in [0, 0.1) is 5.82 Å². The second kappa shape index (κ2) is 5.16. The number of fused-ring (bicyclic) bond motifs is 1. The number of rotatable bonds is 3. The van der Waals surface area contributed by atoms with E-state index in [-0.39, 0.29) is 11.4 Å². The van der Waals surface area contributed by atoms with Crippen LogP contribution in [0.3, 0.4) is 0 Å². The van der Waals surface area contributed by atoms with E-state index in [1.165, 1.54) is 30.6 Å². The maximum atomic E-state index is 12.9. The van der Waals surface area contributed by atoms with Crippen molar-refractivity contribution in [1.29, 1.82) is 0 Å². The minimum absolute atomic E-state index is 0.0499. The number of hydrogen-bond acceptors (Lipinski definition) is 5. The number of nitrogens with zero attached hydrogens (tertiary/aromatic N) is 2. The number of halogens is 1. The topological polar surface area (TPSA) is 77.9 Å². The van der Waals surface area contributed by atoms with Crippen molar-refractivity contribution in [2.45, 2.75) is 0 Å². The van der Waals surface area contributed by atoms with Crippen molar-refractivity contribution in [2.24, 2.45) is 0 Å². The summed E-state index contributed by atoms with van der Waals surface area (Å²) in [6.07, 6.45) is 1.33. The van der Waals surface area contributed by atoms with Gasteiger partial charge in [0.1, 0.15) is 18.0 Å². The van der Waals surface area contributed by atoms with Gasteiger partial charge in [-0.25, -0.2) is 14.4 Å². The number of carboxylic acid groups (broad SMARTS) is 1. The molecule has 104 valence electrons. The molecule has 21 heavy (non-hydrogen) atoms. The van der Waals surface area contributed by atoms with Gasteiger partial charge in [-0.2, -0.15) is 0 Å². The van der Waals surface area contributed by atoms with Gasteiger partial charge < -0.3 is 15.2 Å². The smallest absolute Gasteiger partial charge is 0.141 e. The van der Waals surface area contributed by atoms with Crippen LogP contribution in [0.5, 0.6) is 0 Å². The SMILES string of the molecule is O=C([O-])c1ccc2c(Nc3ccc(F)cc3)ncnc2c1. The fourth-order valence-electron chi connectivity index (χ4n) is 1.95. The molecule has 5 nitrogen and oxygen atoms in total. The Bertz CT molecular complexity index is 819. The number of benzene rings is 2. The lowest BCUT2D eigenvalue weighted by Crippen LogP contribution is -2.22. The van der Waals surface area contributed by atoms with Gasteiger partial charge in [-0.15, -0.1) is 0 Å². The molecule has 0 unspecified atom stereocenters. The number of carboxylic acids is 1. The van der Waals surface area contributed by atoms with E-state index in [4.69, 9.17) is 0 Å². The highest BCUT2D eigenvalue weighted by Gasteiger charge is 2.05. The molecule has 1 heterocycles. The quantitative estimate of drug-likeness (QED) is 0.793. The summed E-state index contributed by atoms with van der Waals surface area (Å²) in [4.78, 5) is 19.0. The van der Waals surface area contributed by atoms with Crippen LogP contribution in [0.1, 0.15) is 10.4 Å². The molecule has 0 fully saturated rings. The van der Waals surface area contributed by atoms with Crippen molar-refractivity contribution in [3.8, 4) is 0 Å². The summed E-state index contributed by atoms with van der Waals surface area (Å²) >= 11 is 0. The van der Waals surface area contributed by atoms with Crippen molar-refractivity contribution in [3.05, 3.63) is 60.2 Å². The molecule has 0 atom stereocenters. The standard InChI is InChI=1S/C15H10FN3O2/c16-10-2-4-11(5-3-10)19-14-12-6-1-9(15(20)21)7-13(12)17-8-18-14/h1-8H,(H,20,21)(H,17,18,19)/p-1. The Hall–Kier alpha value is -3.02. The van der Waals surface area contributed by atoms with Crippen molar-refractivity contribution >= 4 is 28.4 Å². The van der Waals surface area contributed by atoms with Crippen LogP contribution in [-0.4, -0.2) is 15.9 Å². The van der Waals surface area contributed by atoms with Gasteiger partial charge in [-0.3, -0.25) is 0 Å². The fraction of sp³-hybridized carbons (Fsp3) is 0. The zero-order chi connectivity index (χ0) is 14.8. The molecule has 0 bridgehead atoms. The minimum Gasteiger partial charge on any atom is -0.545 e. The number of nitrogens with one attached hydrogen (secondary N) is 1. The zero-order valence-corrected chi connectivity index (χ0v) is 10.7. The number of anilines is 2. The van der Waals surface area contributed by atoms with E-state index in [9.17, 15) is 14.3 Å². The molecule has 6 heteroatoms. The number of aromatic carboxylic acids is 1. The Balaban J connectivity index is 2.02. The van der Waals surface area contributed by atoms with Crippen molar-refractivity contribution < 1.29 is 14.3 Å². The minimum atomic E-state index is -1.26. The van der Waals surface area contributed by atoms with E-state index in [1.807, 2.05) is 0 Å². The fourth-order valence-corrected chi connectivity index (χ4v) is 1.95.